The molecule has 0 heterocycles. The van der Waals surface area contributed by atoms with E-state index in [0.717, 1.165) is 18.4 Å². The van der Waals surface area contributed by atoms with E-state index in [1.54, 1.807) is 19.1 Å². The summed E-state index contributed by atoms with van der Waals surface area (Å²) < 4.78 is 23.1. The molecule has 1 aliphatic rings. The number of rotatable bonds is 6. The second-order valence-electron chi connectivity index (χ2n) is 6.41. The summed E-state index contributed by atoms with van der Waals surface area (Å²) in [6.07, 6.45) is 5.42. The normalized spacial score (nSPS) is 18.3. The van der Waals surface area contributed by atoms with Crippen LogP contribution in [0, 0.1) is 0 Å². The third-order valence-corrected chi connectivity index (χ3v) is 5.35. The third-order valence-electron chi connectivity index (χ3n) is 4.24. The van der Waals surface area contributed by atoms with E-state index in [1.165, 1.54) is 25.3 Å². The Hall–Kier alpha value is -0.660. The van der Waals surface area contributed by atoms with Gasteiger partial charge in [-0.05, 0) is 43.5 Å². The zero-order valence-corrected chi connectivity index (χ0v) is 15.0. The molecule has 0 aromatic heterocycles. The molecule has 0 aliphatic heterocycles. The molecule has 2 rings (SSSR count). The molecule has 5 nitrogen and oxygen atoms in total. The summed E-state index contributed by atoms with van der Waals surface area (Å²) in [6, 6.07) is 5.10. The van der Waals surface area contributed by atoms with Gasteiger partial charge in [0.25, 0.3) is 0 Å². The maximum absolute atomic E-state index is 11.6. The van der Waals surface area contributed by atoms with E-state index in [4.69, 9.17) is 16.7 Å². The highest BCUT2D eigenvalue weighted by molar-refractivity contribution is 7.89. The molecule has 1 unspecified atom stereocenters. The summed E-state index contributed by atoms with van der Waals surface area (Å²) in [5.74, 6) is 0. The molecule has 130 valence electrons. The van der Waals surface area contributed by atoms with Crippen molar-refractivity contribution in [3.05, 3.63) is 28.8 Å². The van der Waals surface area contributed by atoms with Gasteiger partial charge in [-0.15, -0.1) is 0 Å². The highest BCUT2D eigenvalue weighted by atomic mass is 35.5. The lowest BCUT2D eigenvalue weighted by molar-refractivity contribution is 0.0768. The Morgan fingerprint density at radius 1 is 1.30 bits per heavy atom. The lowest BCUT2D eigenvalue weighted by Crippen LogP contribution is -2.40. The molecule has 1 fully saturated rings. The topological polar surface area (TPSA) is 83.6 Å². The molecule has 3 N–H and O–H groups in total. The lowest BCUT2D eigenvalue weighted by Gasteiger charge is -2.35. The number of hydrogen-bond donors (Lipinski definition) is 2. The fourth-order valence-electron chi connectivity index (χ4n) is 3.24. The van der Waals surface area contributed by atoms with Gasteiger partial charge in [-0.25, -0.2) is 13.6 Å². The predicted octanol–water partition coefficient (Wildman–Crippen LogP) is 2.50. The summed E-state index contributed by atoms with van der Waals surface area (Å²) in [4.78, 5) is 2.25. The van der Waals surface area contributed by atoms with Gasteiger partial charge >= 0.3 is 0 Å². The van der Waals surface area contributed by atoms with Crippen molar-refractivity contribution in [2.45, 2.75) is 62.6 Å². The Bertz CT molecular complexity index is 628. The number of nitrogens with zero attached hydrogens (tertiary/aromatic N) is 1. The van der Waals surface area contributed by atoms with E-state index in [9.17, 15) is 13.5 Å². The molecule has 0 saturated heterocycles. The van der Waals surface area contributed by atoms with Crippen molar-refractivity contribution in [3.63, 3.8) is 0 Å². The number of sulfonamides is 1. The third kappa shape index (κ3) is 5.72. The first-order valence-electron chi connectivity index (χ1n) is 8.00. The van der Waals surface area contributed by atoms with Crippen LogP contribution < -0.4 is 5.14 Å². The van der Waals surface area contributed by atoms with E-state index in [-0.39, 0.29) is 4.90 Å². The highest BCUT2D eigenvalue weighted by Crippen LogP contribution is 2.26. The SMILES string of the molecule is CC(O)CN(Cc1cc(Cl)cc(S(N)(=O)=O)c1)C1CCCCC1. The van der Waals surface area contributed by atoms with Crippen molar-refractivity contribution in [1.29, 1.82) is 0 Å². The van der Waals surface area contributed by atoms with Crippen molar-refractivity contribution >= 4 is 21.6 Å². The fraction of sp³-hybridized carbons (Fsp3) is 0.625. The van der Waals surface area contributed by atoms with E-state index in [1.807, 2.05) is 0 Å². The van der Waals surface area contributed by atoms with Gasteiger partial charge in [0.1, 0.15) is 0 Å². The number of primary sulfonamides is 1. The Morgan fingerprint density at radius 2 is 1.96 bits per heavy atom. The molecular weight excluding hydrogens is 336 g/mol. The summed E-state index contributed by atoms with van der Waals surface area (Å²) >= 11 is 6.04. The molecule has 0 amide bonds. The van der Waals surface area contributed by atoms with E-state index in [2.05, 4.69) is 4.90 Å². The number of halogens is 1. The second kappa shape index (κ2) is 7.94. The molecule has 1 saturated carbocycles. The Kier molecular flexibility index (Phi) is 6.45. The molecule has 0 radical (unpaired) electrons. The van der Waals surface area contributed by atoms with Crippen LogP contribution in [0.2, 0.25) is 5.02 Å². The summed E-state index contributed by atoms with van der Waals surface area (Å²) in [5, 5.41) is 15.3. The van der Waals surface area contributed by atoms with Gasteiger partial charge in [0.2, 0.25) is 10.0 Å². The van der Waals surface area contributed by atoms with E-state index >= 15 is 0 Å². The van der Waals surface area contributed by atoms with E-state index in [0.29, 0.717) is 24.2 Å². The van der Waals surface area contributed by atoms with Gasteiger partial charge in [-0.2, -0.15) is 0 Å². The number of aliphatic hydroxyl groups is 1. The standard InChI is InChI=1S/C16H25ClN2O3S/c1-12(20)10-19(15-5-3-2-4-6-15)11-13-7-14(17)9-16(8-13)23(18,21)22/h7-9,12,15,20H,2-6,10-11H2,1H3,(H2,18,21,22). The summed E-state index contributed by atoms with van der Waals surface area (Å²) in [5.41, 5.74) is 0.799. The van der Waals surface area contributed by atoms with Crippen LogP contribution in [-0.2, 0) is 16.6 Å². The van der Waals surface area contributed by atoms with Crippen LogP contribution >= 0.6 is 11.6 Å². The van der Waals surface area contributed by atoms with Crippen LogP contribution in [0.1, 0.15) is 44.6 Å². The molecule has 23 heavy (non-hydrogen) atoms. The van der Waals surface area contributed by atoms with Crippen LogP contribution in [-0.4, -0.2) is 37.1 Å². The average molecular weight is 361 g/mol. The first-order valence-corrected chi connectivity index (χ1v) is 9.92. The highest BCUT2D eigenvalue weighted by Gasteiger charge is 2.23. The first-order chi connectivity index (χ1) is 10.8. The minimum atomic E-state index is -3.78. The number of benzene rings is 1. The first kappa shape index (κ1) is 18.7. The van der Waals surface area contributed by atoms with Crippen molar-refractivity contribution in [2.24, 2.45) is 5.14 Å². The molecule has 1 aromatic rings. The van der Waals surface area contributed by atoms with Crippen LogP contribution in [0.5, 0.6) is 0 Å². The number of nitrogens with two attached hydrogens (primary N) is 1. The lowest BCUT2D eigenvalue weighted by atomic mass is 9.93. The van der Waals surface area contributed by atoms with Crippen LogP contribution in [0.15, 0.2) is 23.1 Å². The van der Waals surface area contributed by atoms with Crippen molar-refractivity contribution in [3.8, 4) is 0 Å². The van der Waals surface area contributed by atoms with Gasteiger partial charge in [0, 0.05) is 24.2 Å². The Morgan fingerprint density at radius 3 is 2.52 bits per heavy atom. The van der Waals surface area contributed by atoms with Gasteiger partial charge < -0.3 is 5.11 Å². The minimum Gasteiger partial charge on any atom is -0.392 e. The maximum atomic E-state index is 11.6. The smallest absolute Gasteiger partial charge is 0.238 e. The molecular formula is C16H25ClN2O3S. The zero-order chi connectivity index (χ0) is 17.0. The van der Waals surface area contributed by atoms with E-state index < -0.39 is 16.1 Å². The molecule has 0 spiro atoms. The van der Waals surface area contributed by atoms with Gasteiger partial charge in [-0.1, -0.05) is 30.9 Å². The molecule has 7 heteroatoms. The van der Waals surface area contributed by atoms with Gasteiger partial charge in [-0.3, -0.25) is 4.90 Å². The average Bonchev–Trinajstić information content (AvgIpc) is 2.45. The number of hydrogen-bond acceptors (Lipinski definition) is 4. The van der Waals surface area contributed by atoms with Gasteiger partial charge in [0.05, 0.1) is 11.0 Å². The zero-order valence-electron chi connectivity index (χ0n) is 13.4. The molecule has 1 atom stereocenters. The molecule has 0 bridgehead atoms. The van der Waals surface area contributed by atoms with Crippen LogP contribution in [0.4, 0.5) is 0 Å². The van der Waals surface area contributed by atoms with Crippen LogP contribution in [0.3, 0.4) is 0 Å². The maximum Gasteiger partial charge on any atom is 0.238 e. The molecule has 1 aromatic carbocycles. The molecule has 1 aliphatic carbocycles. The largest absolute Gasteiger partial charge is 0.392 e. The van der Waals surface area contributed by atoms with Gasteiger partial charge in [0.15, 0.2) is 0 Å². The Labute approximate surface area is 143 Å². The summed E-state index contributed by atoms with van der Waals surface area (Å²) in [7, 11) is -3.78. The van der Waals surface area contributed by atoms with Crippen molar-refractivity contribution < 1.29 is 13.5 Å². The minimum absolute atomic E-state index is 0.0284. The van der Waals surface area contributed by atoms with Crippen molar-refractivity contribution in [2.75, 3.05) is 6.54 Å². The summed E-state index contributed by atoms with van der Waals surface area (Å²) in [6.45, 7) is 2.88. The predicted molar refractivity (Wildman–Crippen MR) is 91.8 cm³/mol. The van der Waals surface area contributed by atoms with Crippen molar-refractivity contribution in [1.82, 2.24) is 4.90 Å². The van der Waals surface area contributed by atoms with Crippen LogP contribution in [0.25, 0.3) is 0 Å². The number of aliphatic hydroxyl groups excluding tert-OH is 1. The second-order valence-corrected chi connectivity index (χ2v) is 8.41. The monoisotopic (exact) mass is 360 g/mol. The fourth-order valence-corrected chi connectivity index (χ4v) is 4.17. The Balaban J connectivity index is 2.23. The quantitative estimate of drug-likeness (QED) is 0.816.